The van der Waals surface area contributed by atoms with Crippen molar-refractivity contribution < 1.29 is 0 Å². The maximum Gasteiger partial charge on any atom is 0.252 e. The summed E-state index contributed by atoms with van der Waals surface area (Å²) in [7, 11) is 0. The lowest BCUT2D eigenvalue weighted by molar-refractivity contribution is 0.774. The second kappa shape index (κ2) is 4.29. The first-order chi connectivity index (χ1) is 7.28. The molecule has 1 heterocycles. The molecule has 15 heavy (non-hydrogen) atoms. The van der Waals surface area contributed by atoms with Crippen molar-refractivity contribution in [3.63, 3.8) is 0 Å². The normalized spacial score (nSPS) is 15.8. The molecule has 0 aromatic carbocycles. The minimum absolute atomic E-state index is 0.0877. The lowest BCUT2D eigenvalue weighted by Gasteiger charge is -2.12. The van der Waals surface area contributed by atoms with E-state index in [4.69, 9.17) is 0 Å². The van der Waals surface area contributed by atoms with E-state index in [-0.39, 0.29) is 5.56 Å². The molecule has 1 aromatic heterocycles. The number of anilines is 1. The lowest BCUT2D eigenvalue weighted by atomic mass is 10.2. The van der Waals surface area contributed by atoms with Crippen molar-refractivity contribution in [2.75, 3.05) is 5.32 Å². The van der Waals surface area contributed by atoms with Gasteiger partial charge in [-0.25, -0.2) is 4.98 Å². The minimum Gasteiger partial charge on any atom is -0.366 e. The van der Waals surface area contributed by atoms with E-state index in [1.807, 2.05) is 6.92 Å². The van der Waals surface area contributed by atoms with Crippen molar-refractivity contribution in [1.82, 2.24) is 9.97 Å². The number of hydrogen-bond acceptors (Lipinski definition) is 3. The fourth-order valence-electron chi connectivity index (χ4n) is 1.69. The first kappa shape index (κ1) is 9.96. The molecule has 80 valence electrons. The van der Waals surface area contributed by atoms with Gasteiger partial charge in [0.05, 0.1) is 0 Å². The van der Waals surface area contributed by atoms with Gasteiger partial charge in [-0.3, -0.25) is 4.79 Å². The van der Waals surface area contributed by atoms with Crippen LogP contribution in [0.4, 0.5) is 5.82 Å². The van der Waals surface area contributed by atoms with E-state index in [9.17, 15) is 4.79 Å². The molecule has 1 aromatic rings. The average molecular weight is 205 g/mol. The van der Waals surface area contributed by atoms with Crippen LogP contribution < -0.4 is 10.9 Å². The number of H-pyrrole nitrogens is 1. The van der Waals surface area contributed by atoms with E-state index in [2.05, 4.69) is 27.4 Å². The second-order valence-corrected chi connectivity index (χ2v) is 3.71. The Morgan fingerprint density at radius 2 is 2.27 bits per heavy atom. The zero-order valence-electron chi connectivity index (χ0n) is 8.79. The Bertz CT molecular complexity index is 414. The van der Waals surface area contributed by atoms with Crippen LogP contribution in [-0.4, -0.2) is 16.0 Å². The van der Waals surface area contributed by atoms with Gasteiger partial charge in [0.15, 0.2) is 0 Å². The van der Waals surface area contributed by atoms with Gasteiger partial charge in [-0.2, -0.15) is 0 Å². The van der Waals surface area contributed by atoms with Crippen molar-refractivity contribution in [3.8, 4) is 0 Å². The maximum atomic E-state index is 11.3. The molecule has 1 aliphatic rings. The highest BCUT2D eigenvalue weighted by molar-refractivity contribution is 5.35. The molecule has 0 saturated heterocycles. The fourth-order valence-corrected chi connectivity index (χ4v) is 1.69. The van der Waals surface area contributed by atoms with Crippen LogP contribution in [0.3, 0.4) is 0 Å². The van der Waals surface area contributed by atoms with Crippen LogP contribution in [-0.2, 0) is 6.42 Å². The fraction of sp³-hybridized carbons (Fsp3) is 0.455. The van der Waals surface area contributed by atoms with Crippen LogP contribution in [0.25, 0.3) is 0 Å². The highest BCUT2D eigenvalue weighted by Crippen LogP contribution is 2.14. The van der Waals surface area contributed by atoms with Crippen LogP contribution in [0, 0.1) is 0 Å². The number of rotatable bonds is 3. The minimum atomic E-state index is -0.0877. The summed E-state index contributed by atoms with van der Waals surface area (Å²) in [5.74, 6) is 1.42. The van der Waals surface area contributed by atoms with E-state index in [1.165, 1.54) is 6.07 Å². The number of hydrogen-bond donors (Lipinski definition) is 2. The largest absolute Gasteiger partial charge is 0.366 e. The van der Waals surface area contributed by atoms with Crippen LogP contribution in [0.15, 0.2) is 23.0 Å². The molecule has 1 aliphatic carbocycles. The monoisotopic (exact) mass is 205 g/mol. The molecule has 2 rings (SSSR count). The Balaban J connectivity index is 2.13. The molecule has 0 radical (unpaired) electrons. The summed E-state index contributed by atoms with van der Waals surface area (Å²) in [6, 6.07) is 1.90. The van der Waals surface area contributed by atoms with Gasteiger partial charge in [-0.15, -0.1) is 0 Å². The molecule has 0 saturated carbocycles. The van der Waals surface area contributed by atoms with E-state index in [0.717, 1.165) is 25.1 Å². The summed E-state index contributed by atoms with van der Waals surface area (Å²) in [6.07, 6.45) is 7.05. The molecular formula is C11H15N3O. The van der Waals surface area contributed by atoms with Gasteiger partial charge in [0.1, 0.15) is 11.6 Å². The van der Waals surface area contributed by atoms with Crippen molar-refractivity contribution in [1.29, 1.82) is 0 Å². The van der Waals surface area contributed by atoms with Gasteiger partial charge < -0.3 is 10.3 Å². The quantitative estimate of drug-likeness (QED) is 0.734. The first-order valence-electron chi connectivity index (χ1n) is 5.29. The van der Waals surface area contributed by atoms with Gasteiger partial charge in [0.25, 0.3) is 5.56 Å². The van der Waals surface area contributed by atoms with E-state index in [0.29, 0.717) is 11.9 Å². The molecule has 0 amide bonds. The Hall–Kier alpha value is -1.58. The average Bonchev–Trinajstić information content (AvgIpc) is 2.69. The Kier molecular flexibility index (Phi) is 2.85. The zero-order chi connectivity index (χ0) is 10.7. The summed E-state index contributed by atoms with van der Waals surface area (Å²) in [5, 5.41) is 3.26. The maximum absolute atomic E-state index is 11.3. The molecule has 2 N–H and O–H groups in total. The van der Waals surface area contributed by atoms with E-state index < -0.39 is 0 Å². The van der Waals surface area contributed by atoms with Crippen LogP contribution in [0.1, 0.15) is 25.6 Å². The lowest BCUT2D eigenvalue weighted by Crippen LogP contribution is -2.19. The Labute approximate surface area is 88.4 Å². The Morgan fingerprint density at radius 1 is 1.53 bits per heavy atom. The third-order valence-corrected chi connectivity index (χ3v) is 2.49. The van der Waals surface area contributed by atoms with Crippen LogP contribution in [0.2, 0.25) is 0 Å². The molecule has 4 heteroatoms. The van der Waals surface area contributed by atoms with E-state index in [1.54, 1.807) is 0 Å². The number of aromatic amines is 1. The molecule has 0 aliphatic heterocycles. The van der Waals surface area contributed by atoms with Crippen molar-refractivity contribution in [2.45, 2.75) is 32.2 Å². The van der Waals surface area contributed by atoms with Gasteiger partial charge in [-0.1, -0.05) is 19.1 Å². The van der Waals surface area contributed by atoms with Crippen molar-refractivity contribution >= 4 is 5.82 Å². The highest BCUT2D eigenvalue weighted by atomic mass is 16.1. The molecule has 4 nitrogen and oxygen atoms in total. The summed E-state index contributed by atoms with van der Waals surface area (Å²) in [4.78, 5) is 18.3. The first-order valence-corrected chi connectivity index (χ1v) is 5.29. The van der Waals surface area contributed by atoms with Gasteiger partial charge in [0, 0.05) is 18.5 Å². The standard InChI is InChI=1S/C11H15N3O/c1-2-9-13-10(7-11(15)14-9)12-8-5-3-4-6-8/h3-4,7-8H,2,5-6H2,1H3,(H2,12,13,14,15). The van der Waals surface area contributed by atoms with Gasteiger partial charge >= 0.3 is 0 Å². The molecule has 0 unspecified atom stereocenters. The molecule has 0 spiro atoms. The summed E-state index contributed by atoms with van der Waals surface area (Å²) in [6.45, 7) is 1.97. The predicted molar refractivity (Wildman–Crippen MR) is 60.0 cm³/mol. The highest BCUT2D eigenvalue weighted by Gasteiger charge is 2.10. The number of aromatic nitrogens is 2. The third kappa shape index (κ3) is 2.46. The number of nitrogens with one attached hydrogen (secondary N) is 2. The molecule has 0 atom stereocenters. The smallest absolute Gasteiger partial charge is 0.252 e. The Morgan fingerprint density at radius 3 is 2.93 bits per heavy atom. The van der Waals surface area contributed by atoms with Gasteiger partial charge in [-0.05, 0) is 12.8 Å². The van der Waals surface area contributed by atoms with E-state index >= 15 is 0 Å². The molecule has 0 fully saturated rings. The third-order valence-electron chi connectivity index (χ3n) is 2.49. The predicted octanol–water partition coefficient (Wildman–Crippen LogP) is 1.46. The summed E-state index contributed by atoms with van der Waals surface area (Å²) < 4.78 is 0. The van der Waals surface area contributed by atoms with Crippen molar-refractivity contribution in [3.05, 3.63) is 34.4 Å². The second-order valence-electron chi connectivity index (χ2n) is 3.71. The number of nitrogens with zero attached hydrogens (tertiary/aromatic N) is 1. The van der Waals surface area contributed by atoms with Crippen molar-refractivity contribution in [2.24, 2.45) is 0 Å². The number of aryl methyl sites for hydroxylation is 1. The van der Waals surface area contributed by atoms with Crippen LogP contribution >= 0.6 is 0 Å². The SMILES string of the molecule is CCc1nc(NC2CC=CC2)cc(=O)[nH]1. The molecule has 0 bridgehead atoms. The van der Waals surface area contributed by atoms with Crippen LogP contribution in [0.5, 0.6) is 0 Å². The zero-order valence-corrected chi connectivity index (χ0v) is 8.79. The topological polar surface area (TPSA) is 57.8 Å². The molecular weight excluding hydrogens is 190 g/mol. The van der Waals surface area contributed by atoms with Gasteiger partial charge in [0.2, 0.25) is 0 Å². The summed E-state index contributed by atoms with van der Waals surface area (Å²) >= 11 is 0. The summed E-state index contributed by atoms with van der Waals surface area (Å²) in [5.41, 5.74) is -0.0877.